The van der Waals surface area contributed by atoms with E-state index in [2.05, 4.69) is 81.1 Å². The van der Waals surface area contributed by atoms with Gasteiger partial charge in [-0.2, -0.15) is 0 Å². The zero-order chi connectivity index (χ0) is 26.9. The summed E-state index contributed by atoms with van der Waals surface area (Å²) in [5.74, 6) is 1.19. The van der Waals surface area contributed by atoms with Crippen molar-refractivity contribution in [2.45, 2.75) is 0 Å². The summed E-state index contributed by atoms with van der Waals surface area (Å²) in [7, 11) is 0. The third-order valence-electron chi connectivity index (χ3n) is 7.75. The van der Waals surface area contributed by atoms with Crippen LogP contribution in [0.25, 0.3) is 65.9 Å². The number of fused-ring (bicyclic) bond motifs is 12. The fourth-order valence-corrected chi connectivity index (χ4v) is 5.90. The monoisotopic (exact) mass is 720 g/mol. The molecule has 0 aliphatic rings. The summed E-state index contributed by atoms with van der Waals surface area (Å²) in [4.78, 5) is 13.9. The standard InChI is InChI=1S/C35H19N5O.Pt/c1-2-5-22(6-3-1)23-8-11-28-26-12-9-24(20-30(26)34-37-15-17-39(34)32(28)19-23)41-25-10-13-27-29-7-4-14-36-33(29)40-18-16-38-35(40)31(27)21-25;/h1-19H;/q-2;+2. The number of nitrogens with zero attached hydrogens (tertiary/aromatic N) is 5. The van der Waals surface area contributed by atoms with Gasteiger partial charge in [0.25, 0.3) is 0 Å². The zero-order valence-electron chi connectivity index (χ0n) is 21.9. The summed E-state index contributed by atoms with van der Waals surface area (Å²) in [6, 6.07) is 36.0. The molecule has 0 aliphatic heterocycles. The van der Waals surface area contributed by atoms with Crippen LogP contribution in [-0.2, 0) is 21.1 Å². The molecule has 0 N–H and O–H groups in total. The Balaban J connectivity index is 0.00000267. The van der Waals surface area contributed by atoms with E-state index in [1.807, 2.05) is 53.3 Å². The molecular formula is C35H19N5OPt. The first-order chi connectivity index (χ1) is 20.3. The normalized spacial score (nSPS) is 11.6. The van der Waals surface area contributed by atoms with E-state index in [4.69, 9.17) is 9.72 Å². The maximum absolute atomic E-state index is 6.35. The molecule has 0 spiro atoms. The predicted octanol–water partition coefficient (Wildman–Crippen LogP) is 8.05. The van der Waals surface area contributed by atoms with Crippen molar-refractivity contribution in [3.8, 4) is 22.6 Å². The Kier molecular flexibility index (Phi) is 5.59. The smallest absolute Gasteiger partial charge is 0.497 e. The van der Waals surface area contributed by atoms with Crippen molar-refractivity contribution in [3.05, 3.63) is 128 Å². The first kappa shape index (κ1) is 24.7. The van der Waals surface area contributed by atoms with Crippen LogP contribution in [0.3, 0.4) is 0 Å². The van der Waals surface area contributed by atoms with Gasteiger partial charge in [0.15, 0.2) is 0 Å². The Morgan fingerprint density at radius 1 is 0.524 bits per heavy atom. The molecule has 0 fully saturated rings. The van der Waals surface area contributed by atoms with E-state index >= 15 is 0 Å². The average Bonchev–Trinajstić information content (AvgIpc) is 3.73. The van der Waals surface area contributed by atoms with Gasteiger partial charge in [0.05, 0.1) is 11.3 Å². The van der Waals surface area contributed by atoms with Crippen LogP contribution >= 0.6 is 0 Å². The molecule has 5 heterocycles. The molecule has 7 heteroatoms. The molecule has 4 aromatic carbocycles. The minimum atomic E-state index is 0. The fraction of sp³-hybridized carbons (Fsp3) is 0. The van der Waals surface area contributed by atoms with Gasteiger partial charge in [0.2, 0.25) is 0 Å². The summed E-state index contributed by atoms with van der Waals surface area (Å²) in [5, 5.41) is 6.06. The zero-order valence-corrected chi connectivity index (χ0v) is 24.2. The van der Waals surface area contributed by atoms with Crippen LogP contribution in [0.15, 0.2) is 116 Å². The second-order valence-electron chi connectivity index (χ2n) is 10.0. The van der Waals surface area contributed by atoms with E-state index in [1.54, 1.807) is 12.4 Å². The van der Waals surface area contributed by atoms with Crippen molar-refractivity contribution in [2.24, 2.45) is 0 Å². The fourth-order valence-electron chi connectivity index (χ4n) is 5.90. The Morgan fingerprint density at radius 3 is 1.93 bits per heavy atom. The second-order valence-corrected chi connectivity index (χ2v) is 10.0. The van der Waals surface area contributed by atoms with E-state index in [9.17, 15) is 0 Å². The summed E-state index contributed by atoms with van der Waals surface area (Å²) < 4.78 is 10.5. The molecule has 42 heavy (non-hydrogen) atoms. The van der Waals surface area contributed by atoms with Crippen LogP contribution in [-0.4, -0.2) is 23.8 Å². The molecule has 0 amide bonds. The number of pyridine rings is 3. The number of hydrogen-bond donors (Lipinski definition) is 0. The predicted molar refractivity (Wildman–Crippen MR) is 161 cm³/mol. The van der Waals surface area contributed by atoms with Gasteiger partial charge < -0.3 is 13.5 Å². The van der Waals surface area contributed by atoms with Crippen molar-refractivity contribution >= 4 is 54.8 Å². The Hall–Kier alpha value is -5.06. The number of imidazole rings is 2. The van der Waals surface area contributed by atoms with Crippen molar-refractivity contribution in [1.29, 1.82) is 0 Å². The number of rotatable bonds is 3. The van der Waals surface area contributed by atoms with Gasteiger partial charge in [-0.3, -0.25) is 9.97 Å². The number of ether oxygens (including phenoxy) is 1. The SMILES string of the molecule is [Pt+2].[c-]1c(Oc2[c-]c3c(cc2)c2cccnc2n2ccnc32)ccc2c1c1nccn1c1cc(-c3ccccc3)ccc21. The summed E-state index contributed by atoms with van der Waals surface area (Å²) in [5.41, 5.74) is 5.94. The van der Waals surface area contributed by atoms with Gasteiger partial charge in [-0.1, -0.05) is 94.3 Å². The Labute approximate surface area is 254 Å². The molecular weight excluding hydrogens is 701 g/mol. The maximum atomic E-state index is 6.35. The molecule has 9 rings (SSSR count). The summed E-state index contributed by atoms with van der Waals surface area (Å²) >= 11 is 0. The van der Waals surface area contributed by atoms with Gasteiger partial charge in [0.1, 0.15) is 5.65 Å². The van der Waals surface area contributed by atoms with Gasteiger partial charge in [-0.15, -0.1) is 12.1 Å². The average molecular weight is 721 g/mol. The quantitative estimate of drug-likeness (QED) is 0.137. The van der Waals surface area contributed by atoms with Crippen LogP contribution < -0.4 is 4.74 Å². The molecule has 0 saturated carbocycles. The number of aromatic nitrogens is 5. The molecule has 0 aliphatic carbocycles. The molecule has 0 unspecified atom stereocenters. The van der Waals surface area contributed by atoms with Crippen LogP contribution in [0.1, 0.15) is 0 Å². The van der Waals surface area contributed by atoms with Crippen molar-refractivity contribution < 1.29 is 25.8 Å². The molecule has 200 valence electrons. The van der Waals surface area contributed by atoms with E-state index in [0.29, 0.717) is 11.5 Å². The minimum absolute atomic E-state index is 0. The third-order valence-corrected chi connectivity index (χ3v) is 7.75. The van der Waals surface area contributed by atoms with Gasteiger partial charge in [-0.05, 0) is 34.0 Å². The van der Waals surface area contributed by atoms with E-state index in [0.717, 1.165) is 54.8 Å². The molecule has 0 saturated heterocycles. The first-order valence-electron chi connectivity index (χ1n) is 13.4. The van der Waals surface area contributed by atoms with Gasteiger partial charge in [-0.25, -0.2) is 4.98 Å². The Bertz CT molecular complexity index is 2460. The maximum Gasteiger partial charge on any atom is 2.00 e. The molecule has 6 nitrogen and oxygen atoms in total. The topological polar surface area (TPSA) is 56.7 Å². The Morgan fingerprint density at radius 2 is 1.17 bits per heavy atom. The van der Waals surface area contributed by atoms with E-state index in [-0.39, 0.29) is 21.1 Å². The van der Waals surface area contributed by atoms with Gasteiger partial charge >= 0.3 is 21.1 Å². The minimum Gasteiger partial charge on any atom is -0.497 e. The van der Waals surface area contributed by atoms with E-state index in [1.165, 1.54) is 11.1 Å². The van der Waals surface area contributed by atoms with Crippen LogP contribution in [0.2, 0.25) is 0 Å². The van der Waals surface area contributed by atoms with Crippen molar-refractivity contribution in [1.82, 2.24) is 23.8 Å². The number of benzene rings is 4. The summed E-state index contributed by atoms with van der Waals surface area (Å²) in [6.07, 6.45) is 9.33. The molecule has 9 aromatic rings. The number of hydrogen-bond acceptors (Lipinski definition) is 4. The third kappa shape index (κ3) is 3.65. The van der Waals surface area contributed by atoms with Crippen LogP contribution in [0, 0.1) is 12.1 Å². The first-order valence-corrected chi connectivity index (χ1v) is 13.4. The molecule has 0 radical (unpaired) electrons. The molecule has 0 bridgehead atoms. The van der Waals surface area contributed by atoms with Crippen LogP contribution in [0.5, 0.6) is 11.5 Å². The largest absolute Gasteiger partial charge is 2.00 e. The van der Waals surface area contributed by atoms with Crippen molar-refractivity contribution in [3.63, 3.8) is 0 Å². The molecule has 5 aromatic heterocycles. The van der Waals surface area contributed by atoms with Gasteiger partial charge in [0, 0.05) is 48.0 Å². The summed E-state index contributed by atoms with van der Waals surface area (Å²) in [6.45, 7) is 0. The molecule has 0 atom stereocenters. The van der Waals surface area contributed by atoms with Crippen LogP contribution in [0.4, 0.5) is 0 Å². The second kappa shape index (κ2) is 9.50. The van der Waals surface area contributed by atoms with E-state index < -0.39 is 0 Å². The van der Waals surface area contributed by atoms with Crippen molar-refractivity contribution in [2.75, 3.05) is 0 Å².